The average molecular weight is 369 g/mol. The zero-order valence-electron chi connectivity index (χ0n) is 15.8. The Labute approximate surface area is 156 Å². The van der Waals surface area contributed by atoms with Crippen LogP contribution in [0.3, 0.4) is 0 Å². The van der Waals surface area contributed by atoms with E-state index in [1.807, 2.05) is 43.9 Å². The van der Waals surface area contributed by atoms with Gasteiger partial charge in [0.15, 0.2) is 5.65 Å². The number of carbonyl (C=O) groups is 1. The van der Waals surface area contributed by atoms with Crippen LogP contribution in [-0.2, 0) is 16.6 Å². The number of morpholine rings is 1. The van der Waals surface area contributed by atoms with Crippen LogP contribution in [0.4, 0.5) is 5.95 Å². The van der Waals surface area contributed by atoms with Gasteiger partial charge in [0.05, 0.1) is 25.5 Å². The highest BCUT2D eigenvalue weighted by molar-refractivity contribution is 5.90. The first-order valence-corrected chi connectivity index (χ1v) is 8.98. The highest BCUT2D eigenvalue weighted by atomic mass is 16.5. The first kappa shape index (κ1) is 17.6. The summed E-state index contributed by atoms with van der Waals surface area (Å²) in [5, 5.41) is 11.7. The molecule has 1 N–H and O–H groups in total. The Balaban J connectivity index is 1.53. The molecule has 27 heavy (non-hydrogen) atoms. The van der Waals surface area contributed by atoms with Crippen molar-refractivity contribution in [2.24, 2.45) is 7.05 Å². The summed E-state index contributed by atoms with van der Waals surface area (Å²) in [6.45, 7) is 7.20. The Morgan fingerprint density at radius 1 is 1.22 bits per heavy atom. The summed E-state index contributed by atoms with van der Waals surface area (Å²) >= 11 is 0. The van der Waals surface area contributed by atoms with Crippen molar-refractivity contribution in [3.05, 3.63) is 29.7 Å². The van der Waals surface area contributed by atoms with Crippen molar-refractivity contribution in [2.45, 2.75) is 13.8 Å². The summed E-state index contributed by atoms with van der Waals surface area (Å²) in [5.41, 5.74) is 4.84. The number of nitrogens with zero attached hydrogens (tertiary/aromatic N) is 6. The number of aryl methyl sites for hydroxylation is 2. The number of amides is 1. The second-order valence-corrected chi connectivity index (χ2v) is 6.76. The third-order valence-electron chi connectivity index (χ3n) is 4.85. The zero-order chi connectivity index (χ0) is 19.0. The molecular weight excluding hydrogens is 346 g/mol. The van der Waals surface area contributed by atoms with Gasteiger partial charge < -0.3 is 4.74 Å². The van der Waals surface area contributed by atoms with Gasteiger partial charge in [-0.1, -0.05) is 0 Å². The van der Waals surface area contributed by atoms with Gasteiger partial charge in [-0.15, -0.1) is 5.10 Å². The summed E-state index contributed by atoms with van der Waals surface area (Å²) < 4.78 is 8.85. The minimum atomic E-state index is -0.119. The number of pyridine rings is 1. The maximum atomic E-state index is 12.2. The lowest BCUT2D eigenvalue weighted by Crippen LogP contribution is -2.41. The molecule has 3 aromatic heterocycles. The van der Waals surface area contributed by atoms with Gasteiger partial charge in [-0.2, -0.15) is 10.1 Å². The van der Waals surface area contributed by atoms with Gasteiger partial charge in [0.1, 0.15) is 0 Å². The molecule has 3 aromatic rings. The molecule has 0 spiro atoms. The molecule has 9 heteroatoms. The molecule has 1 aliphatic heterocycles. The third-order valence-corrected chi connectivity index (χ3v) is 4.85. The van der Waals surface area contributed by atoms with E-state index < -0.39 is 0 Å². The number of hydrogen-bond acceptors (Lipinski definition) is 6. The molecule has 0 aromatic carbocycles. The number of nitrogens with one attached hydrogen (secondary N) is 1. The van der Waals surface area contributed by atoms with Gasteiger partial charge in [-0.3, -0.25) is 19.7 Å². The van der Waals surface area contributed by atoms with Crippen molar-refractivity contribution in [1.82, 2.24) is 29.3 Å². The Morgan fingerprint density at radius 2 is 2.00 bits per heavy atom. The van der Waals surface area contributed by atoms with Crippen LogP contribution in [0.5, 0.6) is 0 Å². The monoisotopic (exact) mass is 369 g/mol. The topological polar surface area (TPSA) is 89.6 Å². The molecular formula is C18H23N7O2. The minimum Gasteiger partial charge on any atom is -0.379 e. The van der Waals surface area contributed by atoms with Crippen molar-refractivity contribution >= 4 is 17.5 Å². The van der Waals surface area contributed by atoms with Crippen molar-refractivity contribution in [3.8, 4) is 11.1 Å². The van der Waals surface area contributed by atoms with Crippen LogP contribution < -0.4 is 5.32 Å². The molecule has 0 radical (unpaired) electrons. The molecule has 1 aliphatic rings. The molecule has 0 unspecified atom stereocenters. The maximum Gasteiger partial charge on any atom is 0.249 e. The fourth-order valence-electron chi connectivity index (χ4n) is 3.40. The first-order chi connectivity index (χ1) is 13.0. The lowest BCUT2D eigenvalue weighted by Gasteiger charge is -2.25. The predicted molar refractivity (Wildman–Crippen MR) is 101 cm³/mol. The maximum absolute atomic E-state index is 12.2. The molecule has 4 heterocycles. The van der Waals surface area contributed by atoms with E-state index in [1.54, 1.807) is 4.52 Å². The van der Waals surface area contributed by atoms with E-state index in [2.05, 4.69) is 25.4 Å². The standard InChI is InChI=1S/C18H23N7O2/c1-12-17(13(2)23(3)21-12)14-4-5-15-19-18(22-25(15)10-14)20-16(26)11-24-6-8-27-9-7-24/h4-5,10H,6-9,11H2,1-3H3,(H,20,22,26). The van der Waals surface area contributed by atoms with E-state index >= 15 is 0 Å². The van der Waals surface area contributed by atoms with Gasteiger partial charge in [-0.05, 0) is 26.0 Å². The number of rotatable bonds is 4. The molecule has 9 nitrogen and oxygen atoms in total. The second-order valence-electron chi connectivity index (χ2n) is 6.76. The van der Waals surface area contributed by atoms with Gasteiger partial charge >= 0.3 is 0 Å². The Bertz CT molecular complexity index is 985. The zero-order valence-corrected chi connectivity index (χ0v) is 15.8. The largest absolute Gasteiger partial charge is 0.379 e. The van der Waals surface area contributed by atoms with Crippen LogP contribution in [0.2, 0.25) is 0 Å². The van der Waals surface area contributed by atoms with Crippen LogP contribution >= 0.6 is 0 Å². The Hall–Kier alpha value is -2.78. The van der Waals surface area contributed by atoms with Crippen molar-refractivity contribution in [1.29, 1.82) is 0 Å². The predicted octanol–water partition coefficient (Wildman–Crippen LogP) is 1.02. The van der Waals surface area contributed by atoms with E-state index in [0.29, 0.717) is 31.4 Å². The van der Waals surface area contributed by atoms with E-state index in [0.717, 1.165) is 35.6 Å². The number of carbonyl (C=O) groups excluding carboxylic acids is 1. The van der Waals surface area contributed by atoms with Crippen LogP contribution in [0, 0.1) is 13.8 Å². The molecule has 0 bridgehead atoms. The summed E-state index contributed by atoms with van der Waals surface area (Å²) in [7, 11) is 1.93. The van der Waals surface area contributed by atoms with Crippen molar-refractivity contribution < 1.29 is 9.53 Å². The summed E-state index contributed by atoms with van der Waals surface area (Å²) in [6.07, 6.45) is 1.91. The van der Waals surface area contributed by atoms with Gasteiger partial charge in [0.2, 0.25) is 11.9 Å². The highest BCUT2D eigenvalue weighted by Crippen LogP contribution is 2.26. The smallest absolute Gasteiger partial charge is 0.249 e. The summed E-state index contributed by atoms with van der Waals surface area (Å²) in [6, 6.07) is 3.90. The highest BCUT2D eigenvalue weighted by Gasteiger charge is 2.16. The summed E-state index contributed by atoms with van der Waals surface area (Å²) in [5.74, 6) is 0.192. The Kier molecular flexibility index (Phi) is 4.63. The molecule has 0 aliphatic carbocycles. The van der Waals surface area contributed by atoms with Crippen LogP contribution in [0.1, 0.15) is 11.4 Å². The van der Waals surface area contributed by atoms with E-state index in [-0.39, 0.29) is 5.91 Å². The number of ether oxygens (including phenoxy) is 1. The Morgan fingerprint density at radius 3 is 2.70 bits per heavy atom. The van der Waals surface area contributed by atoms with Gasteiger partial charge in [0, 0.05) is 43.2 Å². The molecule has 1 amide bonds. The lowest BCUT2D eigenvalue weighted by atomic mass is 10.1. The van der Waals surface area contributed by atoms with E-state index in [9.17, 15) is 4.79 Å². The molecule has 1 fully saturated rings. The lowest BCUT2D eigenvalue weighted by molar-refractivity contribution is -0.118. The molecule has 0 atom stereocenters. The fraction of sp³-hybridized carbons (Fsp3) is 0.444. The van der Waals surface area contributed by atoms with Crippen LogP contribution in [0.25, 0.3) is 16.8 Å². The SMILES string of the molecule is Cc1nn(C)c(C)c1-c1ccc2nc(NC(=O)CN3CCOCC3)nn2c1. The average Bonchev–Trinajstić information content (AvgIpc) is 3.14. The van der Waals surface area contributed by atoms with Crippen molar-refractivity contribution in [2.75, 3.05) is 38.2 Å². The van der Waals surface area contributed by atoms with Gasteiger partial charge in [0.25, 0.3) is 0 Å². The first-order valence-electron chi connectivity index (χ1n) is 8.98. The van der Waals surface area contributed by atoms with Crippen LogP contribution in [-0.4, -0.2) is 68.0 Å². The van der Waals surface area contributed by atoms with E-state index in [4.69, 9.17) is 4.74 Å². The molecule has 1 saturated heterocycles. The molecule has 142 valence electrons. The normalized spacial score (nSPS) is 15.4. The number of aromatic nitrogens is 5. The number of hydrogen-bond donors (Lipinski definition) is 1. The third kappa shape index (κ3) is 3.56. The second kappa shape index (κ2) is 7.09. The van der Waals surface area contributed by atoms with E-state index in [1.165, 1.54) is 0 Å². The quantitative estimate of drug-likeness (QED) is 0.738. The number of fused-ring (bicyclic) bond motifs is 1. The molecule has 4 rings (SSSR count). The van der Waals surface area contributed by atoms with Gasteiger partial charge in [-0.25, -0.2) is 4.52 Å². The minimum absolute atomic E-state index is 0.119. The van der Waals surface area contributed by atoms with Crippen molar-refractivity contribution in [3.63, 3.8) is 0 Å². The number of anilines is 1. The van der Waals surface area contributed by atoms with Crippen LogP contribution in [0.15, 0.2) is 18.3 Å². The molecule has 0 saturated carbocycles. The summed E-state index contributed by atoms with van der Waals surface area (Å²) in [4.78, 5) is 18.7. The fourth-order valence-corrected chi connectivity index (χ4v) is 3.40.